The maximum Gasteiger partial charge on any atom is 1.00 e. The number of carbonyl (C=O) groups is 1. The number of unbranched alkanes of at least 4 members (excludes halogenated alkanes) is 14. The molecule has 0 saturated carbocycles. The predicted octanol–water partition coefficient (Wildman–Crippen LogP) is 2.83. The van der Waals surface area contributed by atoms with Gasteiger partial charge >= 0.3 is 29.6 Å². The van der Waals surface area contributed by atoms with E-state index in [4.69, 9.17) is 0 Å². The Morgan fingerprint density at radius 2 is 1.12 bits per heavy atom. The molecule has 0 aliphatic rings. The van der Waals surface area contributed by atoms with Gasteiger partial charge in [-0.25, -0.2) is 0 Å². The predicted molar refractivity (Wildman–Crippen MR) is 99.9 cm³/mol. The SMILES string of the molecule is CCCCCCCCCCCCCCCCCC(O)=CCC(=O)[O-].[Na+]. The van der Waals surface area contributed by atoms with Crippen LogP contribution in [0.2, 0.25) is 0 Å². The van der Waals surface area contributed by atoms with Crippen molar-refractivity contribution < 1.29 is 44.6 Å². The zero-order valence-electron chi connectivity index (χ0n) is 16.9. The Labute approximate surface area is 178 Å². The van der Waals surface area contributed by atoms with Gasteiger partial charge in [0, 0.05) is 18.8 Å². The van der Waals surface area contributed by atoms with Gasteiger partial charge in [-0.15, -0.1) is 0 Å². The van der Waals surface area contributed by atoms with Gasteiger partial charge in [-0.1, -0.05) is 96.8 Å². The maximum absolute atomic E-state index is 10.2. The van der Waals surface area contributed by atoms with Gasteiger partial charge in [-0.3, -0.25) is 0 Å². The topological polar surface area (TPSA) is 60.4 Å². The van der Waals surface area contributed by atoms with Crippen molar-refractivity contribution in [3.63, 3.8) is 0 Å². The molecular formula is C21H39NaO3. The van der Waals surface area contributed by atoms with Gasteiger partial charge in [0.2, 0.25) is 0 Å². The third kappa shape index (κ3) is 24.0. The second kappa shape index (κ2) is 22.1. The number of hydrogen-bond acceptors (Lipinski definition) is 3. The van der Waals surface area contributed by atoms with E-state index in [1.807, 2.05) is 0 Å². The molecule has 4 heteroatoms. The van der Waals surface area contributed by atoms with E-state index >= 15 is 0 Å². The van der Waals surface area contributed by atoms with Crippen LogP contribution in [0, 0.1) is 0 Å². The van der Waals surface area contributed by atoms with E-state index in [0.29, 0.717) is 6.42 Å². The number of hydrogen-bond donors (Lipinski definition) is 1. The zero-order valence-corrected chi connectivity index (χ0v) is 18.9. The average Bonchev–Trinajstić information content (AvgIpc) is 2.56. The average molecular weight is 363 g/mol. The van der Waals surface area contributed by atoms with Crippen LogP contribution < -0.4 is 34.7 Å². The van der Waals surface area contributed by atoms with Crippen LogP contribution >= 0.6 is 0 Å². The van der Waals surface area contributed by atoms with Crippen LogP contribution in [0.4, 0.5) is 0 Å². The Morgan fingerprint density at radius 3 is 1.48 bits per heavy atom. The summed E-state index contributed by atoms with van der Waals surface area (Å²) in [6.45, 7) is 2.27. The fraction of sp³-hybridized carbons (Fsp3) is 0.857. The molecule has 0 heterocycles. The van der Waals surface area contributed by atoms with Crippen molar-refractivity contribution in [1.82, 2.24) is 0 Å². The molecule has 142 valence electrons. The Kier molecular flexibility index (Phi) is 24.0. The van der Waals surface area contributed by atoms with Gasteiger partial charge in [0.05, 0.1) is 5.76 Å². The molecule has 0 aliphatic heterocycles. The van der Waals surface area contributed by atoms with Crippen molar-refractivity contribution in [3.05, 3.63) is 11.8 Å². The summed E-state index contributed by atoms with van der Waals surface area (Å²) in [5.41, 5.74) is 0. The van der Waals surface area contributed by atoms with Gasteiger partial charge in [0.25, 0.3) is 0 Å². The molecule has 0 unspecified atom stereocenters. The van der Waals surface area contributed by atoms with Crippen LogP contribution in [0.3, 0.4) is 0 Å². The molecule has 3 nitrogen and oxygen atoms in total. The van der Waals surface area contributed by atoms with Gasteiger partial charge < -0.3 is 15.0 Å². The number of allylic oxidation sites excluding steroid dienone is 1. The van der Waals surface area contributed by atoms with Crippen molar-refractivity contribution in [3.8, 4) is 0 Å². The Hall–Kier alpha value is 0.0100. The second-order valence-electron chi connectivity index (χ2n) is 6.97. The number of aliphatic hydroxyl groups excluding tert-OH is 1. The molecule has 0 rings (SSSR count). The molecule has 0 fully saturated rings. The molecule has 0 aliphatic carbocycles. The molecule has 0 spiro atoms. The number of aliphatic carboxylic acids is 1. The Balaban J connectivity index is 0. The molecular weight excluding hydrogens is 323 g/mol. The summed E-state index contributed by atoms with van der Waals surface area (Å²) in [6.07, 6.45) is 21.5. The van der Waals surface area contributed by atoms with E-state index in [1.165, 1.54) is 89.5 Å². The van der Waals surface area contributed by atoms with Gasteiger partial charge in [-0.2, -0.15) is 0 Å². The zero-order chi connectivity index (χ0) is 17.9. The molecule has 0 atom stereocenters. The largest absolute Gasteiger partial charge is 1.00 e. The fourth-order valence-corrected chi connectivity index (χ4v) is 2.98. The molecule has 0 bridgehead atoms. The van der Waals surface area contributed by atoms with E-state index in [-0.39, 0.29) is 41.7 Å². The van der Waals surface area contributed by atoms with Gasteiger partial charge in [-0.05, 0) is 12.5 Å². The first-order valence-corrected chi connectivity index (χ1v) is 10.2. The monoisotopic (exact) mass is 362 g/mol. The summed E-state index contributed by atoms with van der Waals surface area (Å²) in [6, 6.07) is 0. The molecule has 0 aromatic carbocycles. The first-order chi connectivity index (χ1) is 11.7. The van der Waals surface area contributed by atoms with Gasteiger partial charge in [0.15, 0.2) is 0 Å². The van der Waals surface area contributed by atoms with Crippen LogP contribution in [0.5, 0.6) is 0 Å². The molecule has 25 heavy (non-hydrogen) atoms. The van der Waals surface area contributed by atoms with Crippen molar-refractivity contribution >= 4 is 5.97 Å². The number of carbonyl (C=O) groups excluding carboxylic acids is 1. The quantitative estimate of drug-likeness (QED) is 0.232. The van der Waals surface area contributed by atoms with E-state index in [1.54, 1.807) is 0 Å². The first kappa shape index (κ1) is 27.2. The van der Waals surface area contributed by atoms with E-state index in [9.17, 15) is 15.0 Å². The summed E-state index contributed by atoms with van der Waals surface area (Å²) in [5.74, 6) is -0.952. The summed E-state index contributed by atoms with van der Waals surface area (Å²) in [4.78, 5) is 10.2. The smallest absolute Gasteiger partial charge is 0.550 e. The first-order valence-electron chi connectivity index (χ1n) is 10.2. The number of aliphatic hydroxyl groups is 1. The van der Waals surface area contributed by atoms with E-state index < -0.39 is 5.97 Å². The minimum atomic E-state index is -1.14. The van der Waals surface area contributed by atoms with Crippen LogP contribution in [0.15, 0.2) is 11.8 Å². The Morgan fingerprint density at radius 1 is 0.760 bits per heavy atom. The molecule has 0 aromatic heterocycles. The van der Waals surface area contributed by atoms with Crippen molar-refractivity contribution in [2.45, 2.75) is 116 Å². The Bertz CT molecular complexity index is 316. The standard InChI is InChI=1S/C21H40O3.Na/c1-2-3-4-5-6-7-8-9-10-11-12-13-14-15-16-17-20(22)18-19-21(23)24;/h18,22H,2-17,19H2,1H3,(H,23,24);/q;+1/p-1. The second-order valence-corrected chi connectivity index (χ2v) is 6.97. The summed E-state index contributed by atoms with van der Waals surface area (Å²) < 4.78 is 0. The van der Waals surface area contributed by atoms with Crippen molar-refractivity contribution in [2.75, 3.05) is 0 Å². The summed E-state index contributed by atoms with van der Waals surface area (Å²) >= 11 is 0. The number of carboxylic acids is 1. The molecule has 0 radical (unpaired) electrons. The minimum Gasteiger partial charge on any atom is -0.550 e. The van der Waals surface area contributed by atoms with Crippen LogP contribution in [-0.4, -0.2) is 11.1 Å². The van der Waals surface area contributed by atoms with Crippen LogP contribution in [0.25, 0.3) is 0 Å². The fourth-order valence-electron chi connectivity index (χ4n) is 2.98. The number of rotatable bonds is 18. The minimum absolute atomic E-state index is 0. The molecule has 0 saturated heterocycles. The van der Waals surface area contributed by atoms with Crippen molar-refractivity contribution in [2.24, 2.45) is 0 Å². The third-order valence-electron chi connectivity index (χ3n) is 4.54. The molecule has 0 amide bonds. The van der Waals surface area contributed by atoms with Crippen LogP contribution in [0.1, 0.15) is 116 Å². The van der Waals surface area contributed by atoms with Gasteiger partial charge in [0.1, 0.15) is 0 Å². The molecule has 0 aromatic rings. The van der Waals surface area contributed by atoms with E-state index in [0.717, 1.165) is 12.8 Å². The summed E-state index contributed by atoms with van der Waals surface area (Å²) in [5, 5.41) is 19.7. The number of carboxylic acid groups (broad SMARTS) is 1. The molecule has 1 N–H and O–H groups in total. The van der Waals surface area contributed by atoms with E-state index in [2.05, 4.69) is 6.92 Å². The normalized spacial score (nSPS) is 11.3. The van der Waals surface area contributed by atoms with Crippen molar-refractivity contribution in [1.29, 1.82) is 0 Å². The van der Waals surface area contributed by atoms with Crippen LogP contribution in [-0.2, 0) is 4.79 Å². The third-order valence-corrected chi connectivity index (χ3v) is 4.54. The summed E-state index contributed by atoms with van der Waals surface area (Å²) in [7, 11) is 0. The maximum atomic E-state index is 10.2.